The van der Waals surface area contributed by atoms with Crippen molar-refractivity contribution in [3.8, 4) is 22.9 Å². The van der Waals surface area contributed by atoms with Crippen LogP contribution in [0.3, 0.4) is 0 Å². The van der Waals surface area contributed by atoms with Crippen molar-refractivity contribution >= 4 is 5.69 Å². The molecule has 0 unspecified atom stereocenters. The molecule has 0 spiro atoms. The van der Waals surface area contributed by atoms with Gasteiger partial charge in [-0.1, -0.05) is 6.42 Å². The fourth-order valence-corrected chi connectivity index (χ4v) is 2.77. The number of hydrogen-bond acceptors (Lipinski definition) is 5. The minimum atomic E-state index is 0.618. The number of fused-ring (bicyclic) bond motifs is 1. The van der Waals surface area contributed by atoms with E-state index in [1.165, 1.54) is 12.8 Å². The molecule has 1 aromatic carbocycles. The van der Waals surface area contributed by atoms with E-state index >= 15 is 0 Å². The number of nitrogens with zero attached hydrogens (tertiary/aromatic N) is 3. The summed E-state index contributed by atoms with van der Waals surface area (Å²) in [6.07, 6.45) is 4.51. The van der Waals surface area contributed by atoms with E-state index in [0.717, 1.165) is 36.6 Å². The first-order chi connectivity index (χ1) is 10.2. The van der Waals surface area contributed by atoms with Gasteiger partial charge in [-0.15, -0.1) is 10.2 Å². The Morgan fingerprint density at radius 2 is 1.81 bits per heavy atom. The van der Waals surface area contributed by atoms with Crippen LogP contribution in [-0.2, 0) is 13.0 Å². The first kappa shape index (κ1) is 13.7. The first-order valence-electron chi connectivity index (χ1n) is 7.18. The third-order valence-corrected chi connectivity index (χ3v) is 3.91. The summed E-state index contributed by atoms with van der Waals surface area (Å²) in [5.41, 5.74) is 7.63. The molecule has 112 valence electrons. The SMILES string of the molecule is COc1cc(N)c(-c2nnc3n2CCCCC3)cc1OC. The molecular weight excluding hydrogens is 268 g/mol. The molecule has 6 nitrogen and oxygen atoms in total. The quantitative estimate of drug-likeness (QED) is 0.877. The average molecular weight is 288 g/mol. The van der Waals surface area contributed by atoms with Crippen molar-refractivity contribution in [2.75, 3.05) is 20.0 Å². The Morgan fingerprint density at radius 1 is 1.05 bits per heavy atom. The van der Waals surface area contributed by atoms with Gasteiger partial charge in [0, 0.05) is 30.3 Å². The Labute approximate surface area is 123 Å². The molecule has 0 fully saturated rings. The lowest BCUT2D eigenvalue weighted by Gasteiger charge is -2.13. The van der Waals surface area contributed by atoms with Crippen LogP contribution in [0.25, 0.3) is 11.4 Å². The number of aryl methyl sites for hydroxylation is 1. The number of ether oxygens (including phenoxy) is 2. The minimum absolute atomic E-state index is 0.618. The van der Waals surface area contributed by atoms with Gasteiger partial charge < -0.3 is 19.8 Å². The van der Waals surface area contributed by atoms with Crippen molar-refractivity contribution in [1.29, 1.82) is 0 Å². The zero-order valence-electron chi connectivity index (χ0n) is 12.4. The van der Waals surface area contributed by atoms with Gasteiger partial charge >= 0.3 is 0 Å². The Balaban J connectivity index is 2.10. The summed E-state index contributed by atoms with van der Waals surface area (Å²) in [6.45, 7) is 0.936. The van der Waals surface area contributed by atoms with Crippen molar-refractivity contribution in [2.45, 2.75) is 32.2 Å². The van der Waals surface area contributed by atoms with Gasteiger partial charge in [-0.3, -0.25) is 0 Å². The third-order valence-electron chi connectivity index (χ3n) is 3.91. The summed E-state index contributed by atoms with van der Waals surface area (Å²) in [6, 6.07) is 3.64. The van der Waals surface area contributed by atoms with E-state index in [2.05, 4.69) is 14.8 Å². The van der Waals surface area contributed by atoms with Crippen molar-refractivity contribution in [3.05, 3.63) is 18.0 Å². The fourth-order valence-electron chi connectivity index (χ4n) is 2.77. The molecule has 2 aromatic rings. The van der Waals surface area contributed by atoms with E-state index in [-0.39, 0.29) is 0 Å². The lowest BCUT2D eigenvalue weighted by molar-refractivity contribution is 0.355. The molecule has 2 heterocycles. The van der Waals surface area contributed by atoms with Crippen LogP contribution in [0.1, 0.15) is 25.1 Å². The number of aromatic nitrogens is 3. The molecule has 0 amide bonds. The van der Waals surface area contributed by atoms with Crippen LogP contribution in [0.15, 0.2) is 12.1 Å². The molecule has 1 aliphatic heterocycles. The van der Waals surface area contributed by atoms with Crippen LogP contribution in [0.4, 0.5) is 5.69 Å². The van der Waals surface area contributed by atoms with Crippen LogP contribution in [0, 0.1) is 0 Å². The summed E-state index contributed by atoms with van der Waals surface area (Å²) >= 11 is 0. The fraction of sp³-hybridized carbons (Fsp3) is 0.467. The second-order valence-electron chi connectivity index (χ2n) is 5.20. The molecule has 0 bridgehead atoms. The molecule has 0 aliphatic carbocycles. The Morgan fingerprint density at radius 3 is 2.57 bits per heavy atom. The lowest BCUT2D eigenvalue weighted by Crippen LogP contribution is -2.05. The van der Waals surface area contributed by atoms with E-state index in [1.54, 1.807) is 20.3 Å². The van der Waals surface area contributed by atoms with E-state index in [1.807, 2.05) is 6.07 Å². The van der Waals surface area contributed by atoms with Gasteiger partial charge in [0.2, 0.25) is 0 Å². The second kappa shape index (κ2) is 5.63. The highest BCUT2D eigenvalue weighted by Crippen LogP contribution is 2.37. The predicted molar refractivity (Wildman–Crippen MR) is 80.5 cm³/mol. The molecule has 6 heteroatoms. The monoisotopic (exact) mass is 288 g/mol. The topological polar surface area (TPSA) is 75.2 Å². The smallest absolute Gasteiger partial charge is 0.166 e. The maximum Gasteiger partial charge on any atom is 0.166 e. The molecule has 0 saturated carbocycles. The predicted octanol–water partition coefficient (Wildman–Crippen LogP) is 2.27. The maximum atomic E-state index is 6.17. The summed E-state index contributed by atoms with van der Waals surface area (Å²) < 4.78 is 12.8. The zero-order valence-corrected chi connectivity index (χ0v) is 12.4. The van der Waals surface area contributed by atoms with Crippen molar-refractivity contribution in [1.82, 2.24) is 14.8 Å². The number of rotatable bonds is 3. The maximum absolute atomic E-state index is 6.17. The van der Waals surface area contributed by atoms with Gasteiger partial charge in [0.05, 0.1) is 14.2 Å². The Kier molecular flexibility index (Phi) is 3.68. The molecule has 0 saturated heterocycles. The van der Waals surface area contributed by atoms with E-state index < -0.39 is 0 Å². The van der Waals surface area contributed by atoms with E-state index in [9.17, 15) is 0 Å². The van der Waals surface area contributed by atoms with Crippen molar-refractivity contribution < 1.29 is 9.47 Å². The molecule has 1 aromatic heterocycles. The highest BCUT2D eigenvalue weighted by Gasteiger charge is 2.19. The van der Waals surface area contributed by atoms with Crippen LogP contribution >= 0.6 is 0 Å². The summed E-state index contributed by atoms with van der Waals surface area (Å²) in [5.74, 6) is 3.11. The Hall–Kier alpha value is -2.24. The summed E-state index contributed by atoms with van der Waals surface area (Å²) in [7, 11) is 3.21. The van der Waals surface area contributed by atoms with Crippen molar-refractivity contribution in [3.63, 3.8) is 0 Å². The van der Waals surface area contributed by atoms with E-state index in [0.29, 0.717) is 17.2 Å². The lowest BCUT2D eigenvalue weighted by atomic mass is 10.1. The zero-order chi connectivity index (χ0) is 14.8. The number of benzene rings is 1. The summed E-state index contributed by atoms with van der Waals surface area (Å²) in [4.78, 5) is 0. The molecule has 0 radical (unpaired) electrons. The number of nitrogen functional groups attached to an aromatic ring is 1. The molecular formula is C15H20N4O2. The number of anilines is 1. The van der Waals surface area contributed by atoms with Crippen molar-refractivity contribution in [2.24, 2.45) is 0 Å². The highest BCUT2D eigenvalue weighted by molar-refractivity contribution is 5.76. The van der Waals surface area contributed by atoms with Crippen LogP contribution in [0.5, 0.6) is 11.5 Å². The number of hydrogen-bond donors (Lipinski definition) is 1. The minimum Gasteiger partial charge on any atom is -0.493 e. The van der Waals surface area contributed by atoms with E-state index in [4.69, 9.17) is 15.2 Å². The van der Waals surface area contributed by atoms with Gasteiger partial charge in [-0.25, -0.2) is 0 Å². The van der Waals surface area contributed by atoms with Gasteiger partial charge in [-0.05, 0) is 18.9 Å². The van der Waals surface area contributed by atoms with Crippen LogP contribution < -0.4 is 15.2 Å². The average Bonchev–Trinajstić information content (AvgIpc) is 2.75. The molecule has 0 atom stereocenters. The number of methoxy groups -OCH3 is 2. The normalized spacial score (nSPS) is 14.4. The molecule has 2 N–H and O–H groups in total. The van der Waals surface area contributed by atoms with Crippen LogP contribution in [0.2, 0.25) is 0 Å². The molecule has 21 heavy (non-hydrogen) atoms. The summed E-state index contributed by atoms with van der Waals surface area (Å²) in [5, 5.41) is 8.66. The van der Waals surface area contributed by atoms with Gasteiger partial charge in [0.15, 0.2) is 17.3 Å². The molecule has 1 aliphatic rings. The molecule has 3 rings (SSSR count). The van der Waals surface area contributed by atoms with Crippen LogP contribution in [-0.4, -0.2) is 29.0 Å². The largest absolute Gasteiger partial charge is 0.493 e. The standard InChI is InChI=1S/C15H20N4O2/c1-20-12-8-10(11(16)9-13(12)21-2)15-18-17-14-6-4-3-5-7-19(14)15/h8-9H,3-7,16H2,1-2H3. The van der Waals surface area contributed by atoms with Gasteiger partial charge in [0.25, 0.3) is 0 Å². The van der Waals surface area contributed by atoms with Gasteiger partial charge in [0.1, 0.15) is 5.82 Å². The third kappa shape index (κ3) is 2.41. The first-order valence-corrected chi connectivity index (χ1v) is 7.18. The second-order valence-corrected chi connectivity index (χ2v) is 5.20. The highest BCUT2D eigenvalue weighted by atomic mass is 16.5. The Bertz CT molecular complexity index is 651. The number of nitrogens with two attached hydrogens (primary N) is 1. The van der Waals surface area contributed by atoms with Gasteiger partial charge in [-0.2, -0.15) is 0 Å².